The van der Waals surface area contributed by atoms with Gasteiger partial charge in [0.25, 0.3) is 0 Å². The van der Waals surface area contributed by atoms with Gasteiger partial charge in [-0.1, -0.05) is 24.6 Å². The second-order valence-electron chi connectivity index (χ2n) is 15.2. The molecule has 0 bridgehead atoms. The number of sulfone groups is 1. The molecule has 4 fully saturated rings. The summed E-state index contributed by atoms with van der Waals surface area (Å²) in [6, 6.07) is 16.0. The van der Waals surface area contributed by atoms with Gasteiger partial charge >= 0.3 is 6.09 Å². The molecular weight excluding hydrogens is 684 g/mol. The summed E-state index contributed by atoms with van der Waals surface area (Å²) in [5.74, 6) is -0.186. The van der Waals surface area contributed by atoms with Gasteiger partial charge in [0.15, 0.2) is 9.84 Å². The second-order valence-corrected chi connectivity index (χ2v) is 17.4. The van der Waals surface area contributed by atoms with Gasteiger partial charge in [-0.2, -0.15) is 5.26 Å². The van der Waals surface area contributed by atoms with Crippen molar-refractivity contribution < 1.29 is 27.1 Å². The maximum atomic E-state index is 14.6. The van der Waals surface area contributed by atoms with Crippen LogP contribution in [0.1, 0.15) is 37.7 Å². The molecule has 1 saturated carbocycles. The first kappa shape index (κ1) is 37.8. The highest BCUT2D eigenvalue weighted by atomic mass is 32.2. The van der Waals surface area contributed by atoms with E-state index in [4.69, 9.17) is 4.74 Å². The molecule has 0 radical (unpaired) electrons. The fourth-order valence-electron chi connectivity index (χ4n) is 8.78. The summed E-state index contributed by atoms with van der Waals surface area (Å²) in [6.07, 6.45) is 6.80. The minimum atomic E-state index is -3.53. The largest absolute Gasteiger partial charge is 0.453 e. The van der Waals surface area contributed by atoms with Crippen LogP contribution in [-0.4, -0.2) is 120 Å². The van der Waals surface area contributed by atoms with Crippen LogP contribution in [-0.2, 0) is 24.8 Å². The molecule has 3 atom stereocenters. The van der Waals surface area contributed by atoms with E-state index in [1.807, 2.05) is 37.2 Å². The number of nitrogens with zero attached hydrogens (tertiary/aromatic N) is 5. The van der Waals surface area contributed by atoms with Crippen LogP contribution in [0.3, 0.4) is 0 Å². The van der Waals surface area contributed by atoms with E-state index in [0.29, 0.717) is 18.0 Å². The summed E-state index contributed by atoms with van der Waals surface area (Å²) in [4.78, 5) is 33.1. The molecule has 11 nitrogen and oxygen atoms in total. The maximum absolute atomic E-state index is 14.6. The molecule has 52 heavy (non-hydrogen) atoms. The number of likely N-dealkylation sites (N-methyl/N-ethyl adjacent to an activating group) is 1. The average molecular weight is 735 g/mol. The topological polar surface area (TPSA) is 126 Å². The molecule has 0 spiro atoms. The lowest BCUT2D eigenvalue weighted by molar-refractivity contribution is -0.129. The molecule has 0 unspecified atom stereocenters. The Hall–Kier alpha value is -3.99. The van der Waals surface area contributed by atoms with Crippen LogP contribution in [0.15, 0.2) is 65.6 Å². The van der Waals surface area contributed by atoms with E-state index in [1.165, 1.54) is 25.3 Å². The smallest absolute Gasteiger partial charge is 0.407 e. The number of carbonyl (C=O) groups excluding carboxylic acids is 2. The van der Waals surface area contributed by atoms with Crippen molar-refractivity contribution in [2.45, 2.75) is 53.7 Å². The Labute approximate surface area is 307 Å². The molecule has 6 rings (SSSR count). The Morgan fingerprint density at radius 3 is 2.40 bits per heavy atom. The summed E-state index contributed by atoms with van der Waals surface area (Å²) in [6.45, 7) is 5.42. The van der Waals surface area contributed by atoms with E-state index in [0.717, 1.165) is 70.5 Å². The lowest BCUT2D eigenvalue weighted by Gasteiger charge is -2.48. The third-order valence-corrected chi connectivity index (χ3v) is 13.7. The van der Waals surface area contributed by atoms with E-state index in [2.05, 4.69) is 21.2 Å². The van der Waals surface area contributed by atoms with Gasteiger partial charge in [0.05, 0.1) is 23.5 Å². The highest BCUT2D eigenvalue weighted by Crippen LogP contribution is 2.50. The highest BCUT2D eigenvalue weighted by Gasteiger charge is 2.53. The van der Waals surface area contributed by atoms with E-state index < -0.39 is 26.6 Å². The number of nitrogens with one attached hydrogen (secondary N) is 1. The van der Waals surface area contributed by atoms with Crippen molar-refractivity contribution in [1.82, 2.24) is 20.0 Å². The number of nitriles is 1. The molecule has 2 amide bonds. The van der Waals surface area contributed by atoms with Crippen LogP contribution in [0, 0.1) is 34.9 Å². The van der Waals surface area contributed by atoms with Gasteiger partial charge in [0.1, 0.15) is 11.1 Å². The zero-order valence-electron chi connectivity index (χ0n) is 30.4. The molecule has 3 saturated heterocycles. The molecule has 3 heterocycles. The van der Waals surface area contributed by atoms with Crippen molar-refractivity contribution in [3.8, 4) is 6.07 Å². The van der Waals surface area contributed by atoms with Gasteiger partial charge < -0.3 is 29.7 Å². The van der Waals surface area contributed by atoms with Gasteiger partial charge in [-0.15, -0.1) is 0 Å². The first-order chi connectivity index (χ1) is 24.9. The standard InChI is InChI=1S/C39H51FN6O5S/c1-43(2)18-6-11-37(47)46-25-34(26-46)52(49,50)33-14-12-32(13-15-33)45-23-28(24-45)22-44-19-16-29(17-20-44)39(27-41,30-7-4-8-31(40)21-30)35-9-5-10-36(35)42-38(48)51-3/h4,6-8,11-15,21,28-29,34-36H,5,9-10,16-20,22-26H2,1-3H3,(H,42,48)/b11-6+/t35-,36-,39-/m0/s1. The Morgan fingerprint density at radius 2 is 1.77 bits per heavy atom. The van der Waals surface area contributed by atoms with Crippen LogP contribution in [0.25, 0.3) is 0 Å². The quantitative estimate of drug-likeness (QED) is 0.322. The summed E-state index contributed by atoms with van der Waals surface area (Å²) in [5.41, 5.74) is 0.756. The second kappa shape index (κ2) is 15.9. The number of hydrogen-bond acceptors (Lipinski definition) is 9. The molecule has 4 aliphatic rings. The third kappa shape index (κ3) is 7.84. The number of likely N-dealkylation sites (tertiary alicyclic amines) is 2. The van der Waals surface area contributed by atoms with Crippen molar-refractivity contribution in [3.63, 3.8) is 0 Å². The minimum Gasteiger partial charge on any atom is -0.453 e. The molecule has 2 aromatic rings. The molecule has 1 aliphatic carbocycles. The Bertz CT molecular complexity index is 1760. The SMILES string of the molecule is COC(=O)N[C@H]1CCC[C@@H]1[C@](C#N)(c1cccc(F)c1)C1CCN(CC2CN(c3ccc(S(=O)(=O)C4CN(C(=O)/C=C/CN(C)C)C4)cc3)C2)CC1. The number of piperidine rings is 1. The fourth-order valence-corrected chi connectivity index (χ4v) is 10.4. The Morgan fingerprint density at radius 1 is 1.06 bits per heavy atom. The first-order valence-electron chi connectivity index (χ1n) is 18.4. The van der Waals surface area contributed by atoms with Gasteiger partial charge in [-0.3, -0.25) is 4.79 Å². The normalized spacial score (nSPS) is 23.2. The van der Waals surface area contributed by atoms with Crippen LogP contribution < -0.4 is 10.2 Å². The number of amides is 2. The Balaban J connectivity index is 1.01. The summed E-state index contributed by atoms with van der Waals surface area (Å²) < 4.78 is 46.0. The molecule has 13 heteroatoms. The molecule has 3 aliphatic heterocycles. The summed E-state index contributed by atoms with van der Waals surface area (Å²) in [7, 11) is 1.64. The van der Waals surface area contributed by atoms with E-state index in [-0.39, 0.29) is 47.6 Å². The van der Waals surface area contributed by atoms with E-state index in [1.54, 1.807) is 29.2 Å². The summed E-state index contributed by atoms with van der Waals surface area (Å²) in [5, 5.41) is 13.3. The fraction of sp³-hybridized carbons (Fsp3) is 0.564. The van der Waals surface area contributed by atoms with Crippen LogP contribution >= 0.6 is 0 Å². The third-order valence-electron chi connectivity index (χ3n) is 11.6. The van der Waals surface area contributed by atoms with Gasteiger partial charge in [0, 0.05) is 68.9 Å². The van der Waals surface area contributed by atoms with Crippen molar-refractivity contribution in [2.24, 2.45) is 17.8 Å². The van der Waals surface area contributed by atoms with Crippen molar-refractivity contribution in [2.75, 3.05) is 78.5 Å². The number of alkyl carbamates (subject to hydrolysis) is 1. The molecule has 0 aromatic heterocycles. The average Bonchev–Trinajstić information content (AvgIpc) is 3.54. The number of carbonyl (C=O) groups is 2. The van der Waals surface area contributed by atoms with Crippen molar-refractivity contribution in [1.29, 1.82) is 5.26 Å². The number of anilines is 1. The number of methoxy groups -OCH3 is 1. The number of benzene rings is 2. The van der Waals surface area contributed by atoms with Crippen molar-refractivity contribution >= 4 is 27.5 Å². The van der Waals surface area contributed by atoms with Gasteiger partial charge in [-0.05, 0) is 101 Å². The lowest BCUT2D eigenvalue weighted by Crippen LogP contribution is -2.56. The number of rotatable bonds is 12. The van der Waals surface area contributed by atoms with Gasteiger partial charge in [0.2, 0.25) is 5.91 Å². The van der Waals surface area contributed by atoms with Crippen molar-refractivity contribution in [3.05, 3.63) is 72.1 Å². The number of halogens is 1. The van der Waals surface area contributed by atoms with Crippen LogP contribution in [0.5, 0.6) is 0 Å². The van der Waals surface area contributed by atoms with Crippen LogP contribution in [0.4, 0.5) is 14.9 Å². The molecular formula is C39H51FN6O5S. The minimum absolute atomic E-state index is 0.0155. The monoisotopic (exact) mass is 734 g/mol. The molecule has 1 N–H and O–H groups in total. The zero-order chi connectivity index (χ0) is 37.0. The van der Waals surface area contributed by atoms with Crippen LogP contribution in [0.2, 0.25) is 0 Å². The number of ether oxygens (including phenoxy) is 1. The lowest BCUT2D eigenvalue weighted by atomic mass is 9.59. The predicted octanol–water partition coefficient (Wildman–Crippen LogP) is 4.06. The van der Waals surface area contributed by atoms with E-state index in [9.17, 15) is 27.7 Å². The number of hydrogen-bond donors (Lipinski definition) is 1. The van der Waals surface area contributed by atoms with E-state index >= 15 is 0 Å². The maximum Gasteiger partial charge on any atom is 0.407 e. The molecule has 280 valence electrons. The highest BCUT2D eigenvalue weighted by molar-refractivity contribution is 7.92. The van der Waals surface area contributed by atoms with Gasteiger partial charge in [-0.25, -0.2) is 17.6 Å². The molecule has 2 aromatic carbocycles. The summed E-state index contributed by atoms with van der Waals surface area (Å²) >= 11 is 0. The predicted molar refractivity (Wildman–Crippen MR) is 197 cm³/mol. The first-order valence-corrected chi connectivity index (χ1v) is 19.9. The zero-order valence-corrected chi connectivity index (χ0v) is 31.2. The Kier molecular flexibility index (Phi) is 11.6.